The fourth-order valence-electron chi connectivity index (χ4n) is 2.69. The number of anilines is 1. The first-order valence-electron chi connectivity index (χ1n) is 8.41. The van der Waals surface area contributed by atoms with Gasteiger partial charge in [-0.25, -0.2) is 8.42 Å². The summed E-state index contributed by atoms with van der Waals surface area (Å²) in [5.74, 6) is 0.224. The Morgan fingerprint density at radius 2 is 1.96 bits per heavy atom. The highest BCUT2D eigenvalue weighted by atomic mass is 32.2. The zero-order chi connectivity index (χ0) is 20.3. The van der Waals surface area contributed by atoms with E-state index in [1.54, 1.807) is 12.1 Å². The molecule has 8 nitrogen and oxygen atoms in total. The maximum Gasteiger partial charge on any atom is 0.246 e. The van der Waals surface area contributed by atoms with Gasteiger partial charge in [0.2, 0.25) is 27.6 Å². The first-order valence-corrected chi connectivity index (χ1v) is 11.1. The molecule has 28 heavy (non-hydrogen) atoms. The molecule has 0 bridgehead atoms. The van der Waals surface area contributed by atoms with Gasteiger partial charge in [-0.3, -0.25) is 9.10 Å². The van der Waals surface area contributed by atoms with Gasteiger partial charge in [0.25, 0.3) is 0 Å². The molecule has 1 aromatic carbocycles. The summed E-state index contributed by atoms with van der Waals surface area (Å²) >= 11 is 1.48. The van der Waals surface area contributed by atoms with Gasteiger partial charge in [0.15, 0.2) is 0 Å². The number of hydrogen-bond acceptors (Lipinski definition) is 7. The first kappa shape index (κ1) is 20.0. The number of thiophene rings is 1. The number of hydrogen-bond donors (Lipinski definition) is 1. The second kappa shape index (κ2) is 8.11. The van der Waals surface area contributed by atoms with Gasteiger partial charge in [-0.2, -0.15) is 4.98 Å². The van der Waals surface area contributed by atoms with Gasteiger partial charge in [0, 0.05) is 0 Å². The average molecular weight is 421 g/mol. The van der Waals surface area contributed by atoms with Crippen molar-refractivity contribution in [1.82, 2.24) is 15.5 Å². The van der Waals surface area contributed by atoms with Crippen LogP contribution in [0.25, 0.3) is 10.7 Å². The average Bonchev–Trinajstić information content (AvgIpc) is 3.27. The van der Waals surface area contributed by atoms with Crippen LogP contribution in [0.1, 0.15) is 17.0 Å². The van der Waals surface area contributed by atoms with Crippen LogP contribution < -0.4 is 9.62 Å². The molecule has 0 fully saturated rings. The van der Waals surface area contributed by atoms with Crippen LogP contribution in [0, 0.1) is 13.8 Å². The minimum absolute atomic E-state index is 0.0155. The highest BCUT2D eigenvalue weighted by Crippen LogP contribution is 2.22. The predicted octanol–water partition coefficient (Wildman–Crippen LogP) is 2.50. The van der Waals surface area contributed by atoms with Crippen molar-refractivity contribution in [2.24, 2.45) is 0 Å². The molecule has 0 radical (unpaired) electrons. The fourth-order valence-corrected chi connectivity index (χ4v) is 4.18. The maximum atomic E-state index is 12.3. The van der Waals surface area contributed by atoms with E-state index in [-0.39, 0.29) is 19.0 Å². The largest absolute Gasteiger partial charge is 0.345 e. The van der Waals surface area contributed by atoms with Crippen molar-refractivity contribution in [3.63, 3.8) is 0 Å². The third-order valence-corrected chi connectivity index (χ3v) is 5.83. The molecule has 0 saturated heterocycles. The number of nitrogens with one attached hydrogen (secondary N) is 1. The molecule has 10 heteroatoms. The third kappa shape index (κ3) is 4.96. The Morgan fingerprint density at radius 3 is 2.57 bits per heavy atom. The lowest BCUT2D eigenvalue weighted by molar-refractivity contribution is -0.119. The molecule has 0 aliphatic carbocycles. The van der Waals surface area contributed by atoms with Crippen molar-refractivity contribution in [3.8, 4) is 10.7 Å². The van der Waals surface area contributed by atoms with Gasteiger partial charge < -0.3 is 9.84 Å². The summed E-state index contributed by atoms with van der Waals surface area (Å²) in [5, 5.41) is 8.39. The summed E-state index contributed by atoms with van der Waals surface area (Å²) in [4.78, 5) is 17.4. The predicted molar refractivity (Wildman–Crippen MR) is 108 cm³/mol. The van der Waals surface area contributed by atoms with E-state index in [0.29, 0.717) is 11.5 Å². The number of carbonyl (C=O) groups is 1. The van der Waals surface area contributed by atoms with E-state index in [0.717, 1.165) is 26.6 Å². The van der Waals surface area contributed by atoms with Crippen LogP contribution in [0.2, 0.25) is 0 Å². The van der Waals surface area contributed by atoms with E-state index in [1.807, 2.05) is 37.4 Å². The van der Waals surface area contributed by atoms with Crippen LogP contribution in [0.15, 0.2) is 40.2 Å². The van der Waals surface area contributed by atoms with E-state index in [4.69, 9.17) is 4.52 Å². The highest BCUT2D eigenvalue weighted by molar-refractivity contribution is 7.92. The highest BCUT2D eigenvalue weighted by Gasteiger charge is 2.21. The zero-order valence-corrected chi connectivity index (χ0v) is 17.3. The van der Waals surface area contributed by atoms with Crippen molar-refractivity contribution in [1.29, 1.82) is 0 Å². The number of amides is 1. The lowest BCUT2D eigenvalue weighted by Gasteiger charge is -2.22. The molecule has 148 valence electrons. The van der Waals surface area contributed by atoms with Crippen molar-refractivity contribution in [2.45, 2.75) is 20.4 Å². The Bertz CT molecular complexity index is 1050. The quantitative estimate of drug-likeness (QED) is 0.630. The monoisotopic (exact) mass is 420 g/mol. The fraction of sp³-hybridized carbons (Fsp3) is 0.278. The van der Waals surface area contributed by atoms with E-state index >= 15 is 0 Å². The zero-order valence-electron chi connectivity index (χ0n) is 15.7. The molecule has 2 aromatic heterocycles. The molecule has 2 heterocycles. The summed E-state index contributed by atoms with van der Waals surface area (Å²) in [6.45, 7) is 3.42. The number of nitrogens with zero attached hydrogens (tertiary/aromatic N) is 3. The van der Waals surface area contributed by atoms with Crippen LogP contribution in [0.3, 0.4) is 0 Å². The summed E-state index contributed by atoms with van der Waals surface area (Å²) in [6.07, 6.45) is 1.07. The topological polar surface area (TPSA) is 105 Å². The number of sulfonamides is 1. The van der Waals surface area contributed by atoms with Gasteiger partial charge in [0.05, 0.1) is 23.4 Å². The van der Waals surface area contributed by atoms with Crippen molar-refractivity contribution in [3.05, 3.63) is 52.7 Å². The van der Waals surface area contributed by atoms with Crippen LogP contribution in [-0.2, 0) is 21.4 Å². The van der Waals surface area contributed by atoms with Crippen LogP contribution in [-0.4, -0.2) is 37.3 Å². The minimum atomic E-state index is -3.63. The molecular formula is C18H20N4O4S2. The van der Waals surface area contributed by atoms with Crippen molar-refractivity contribution < 1.29 is 17.7 Å². The Kier molecular flexibility index (Phi) is 5.80. The van der Waals surface area contributed by atoms with Crippen LogP contribution >= 0.6 is 11.3 Å². The van der Waals surface area contributed by atoms with E-state index in [2.05, 4.69) is 15.5 Å². The van der Waals surface area contributed by atoms with Crippen LogP contribution in [0.4, 0.5) is 5.69 Å². The van der Waals surface area contributed by atoms with Crippen LogP contribution in [0.5, 0.6) is 0 Å². The lowest BCUT2D eigenvalue weighted by atomic mass is 10.1. The minimum Gasteiger partial charge on any atom is -0.345 e. The standard InChI is InChI=1S/C18H20N4O4S2/c1-12-7-13(2)9-14(8-12)22(28(3,24)25)11-16(23)19-10-17-20-18(21-26-17)15-5-4-6-27-15/h4-9H,10-11H2,1-3H3,(H,19,23). The van der Waals surface area contributed by atoms with Crippen molar-refractivity contribution >= 4 is 33.0 Å². The van der Waals surface area contributed by atoms with E-state index in [1.165, 1.54) is 11.3 Å². The van der Waals surface area contributed by atoms with Gasteiger partial charge in [0.1, 0.15) is 6.54 Å². The molecule has 0 spiro atoms. The molecule has 0 unspecified atom stereocenters. The van der Waals surface area contributed by atoms with Gasteiger partial charge in [-0.05, 0) is 48.6 Å². The molecule has 0 aliphatic heterocycles. The normalized spacial score (nSPS) is 11.4. The van der Waals surface area contributed by atoms with Gasteiger partial charge >= 0.3 is 0 Å². The number of aryl methyl sites for hydroxylation is 2. The molecule has 3 rings (SSSR count). The Labute approximate surface area is 167 Å². The summed E-state index contributed by atoms with van der Waals surface area (Å²) in [5.41, 5.74) is 2.28. The van der Waals surface area contributed by atoms with E-state index in [9.17, 15) is 13.2 Å². The second-order valence-corrected chi connectivity index (χ2v) is 9.24. The number of aromatic nitrogens is 2. The molecule has 1 N–H and O–H groups in total. The van der Waals surface area contributed by atoms with Gasteiger partial charge in [-0.15, -0.1) is 11.3 Å². The maximum absolute atomic E-state index is 12.3. The third-order valence-electron chi connectivity index (χ3n) is 3.83. The molecule has 1 amide bonds. The summed E-state index contributed by atoms with van der Waals surface area (Å²) < 4.78 is 30.6. The molecule has 3 aromatic rings. The molecule has 0 saturated carbocycles. The summed E-state index contributed by atoms with van der Waals surface area (Å²) in [7, 11) is -3.63. The van der Waals surface area contributed by atoms with E-state index < -0.39 is 15.9 Å². The molecular weight excluding hydrogens is 400 g/mol. The number of rotatable bonds is 7. The van der Waals surface area contributed by atoms with Gasteiger partial charge in [-0.1, -0.05) is 17.3 Å². The van der Waals surface area contributed by atoms with Crippen molar-refractivity contribution in [2.75, 3.05) is 17.1 Å². The lowest BCUT2D eigenvalue weighted by Crippen LogP contribution is -2.40. The Balaban J connectivity index is 1.67. The molecule has 0 aliphatic rings. The Morgan fingerprint density at radius 1 is 1.25 bits per heavy atom. The SMILES string of the molecule is Cc1cc(C)cc(N(CC(=O)NCc2nc(-c3cccs3)no2)S(C)(=O)=O)c1. The molecule has 0 atom stereocenters. The number of benzene rings is 1. The smallest absolute Gasteiger partial charge is 0.246 e. The second-order valence-electron chi connectivity index (χ2n) is 6.38. The Hall–Kier alpha value is -2.72. The summed E-state index contributed by atoms with van der Waals surface area (Å²) in [6, 6.07) is 9.14. The first-order chi connectivity index (χ1) is 13.2. The number of carbonyl (C=O) groups excluding carboxylic acids is 1.